The molecule has 3 rings (SSSR count). The van der Waals surface area contributed by atoms with Crippen LogP contribution in [-0.4, -0.2) is 54.2 Å². The number of benzene rings is 2. The molecule has 2 aromatic carbocycles. The largest absolute Gasteiger partial charge is 0.507 e. The summed E-state index contributed by atoms with van der Waals surface area (Å²) in [7, 11) is 0. The summed E-state index contributed by atoms with van der Waals surface area (Å²) in [5.74, 6) is -1.28. The van der Waals surface area contributed by atoms with Gasteiger partial charge in [0.1, 0.15) is 11.3 Å². The number of phenolic OH excluding ortho intramolecular Hbond substituents is 1. The Morgan fingerprint density at radius 1 is 1.07 bits per heavy atom. The van der Waals surface area contributed by atoms with Crippen LogP contribution in [0.1, 0.15) is 17.3 Å². The third-order valence-corrected chi connectivity index (χ3v) is 4.76. The molecule has 1 N–H and O–H groups in total. The lowest BCUT2D eigenvalue weighted by Crippen LogP contribution is -2.51. The maximum Gasteiger partial charge on any atom is 0.342 e. The second-order valence-corrected chi connectivity index (χ2v) is 6.79. The summed E-state index contributed by atoms with van der Waals surface area (Å²) >= 11 is 5.76. The quantitative estimate of drug-likeness (QED) is 0.815. The molecular formula is C20H21ClN2O4. The topological polar surface area (TPSA) is 70.1 Å². The number of ether oxygens (including phenoxy) is 1. The molecule has 1 aliphatic rings. The average molecular weight is 389 g/mol. The Labute approximate surface area is 162 Å². The molecule has 7 heteroatoms. The maximum atomic E-state index is 12.6. The summed E-state index contributed by atoms with van der Waals surface area (Å²) < 4.78 is 5.24. The van der Waals surface area contributed by atoms with Crippen LogP contribution < -0.4 is 4.90 Å². The highest BCUT2D eigenvalue weighted by Gasteiger charge is 2.28. The molecule has 1 aliphatic heterocycles. The number of halogens is 1. The van der Waals surface area contributed by atoms with E-state index in [9.17, 15) is 14.7 Å². The molecule has 0 radical (unpaired) electrons. The van der Waals surface area contributed by atoms with Gasteiger partial charge in [0.15, 0.2) is 6.10 Å². The fraction of sp³-hybridized carbons (Fsp3) is 0.300. The molecular weight excluding hydrogens is 368 g/mol. The first-order valence-electron chi connectivity index (χ1n) is 8.74. The van der Waals surface area contributed by atoms with Gasteiger partial charge in [-0.2, -0.15) is 0 Å². The van der Waals surface area contributed by atoms with Crippen LogP contribution >= 0.6 is 11.6 Å². The van der Waals surface area contributed by atoms with Crippen molar-refractivity contribution >= 4 is 29.2 Å². The summed E-state index contributed by atoms with van der Waals surface area (Å²) in [6, 6.07) is 14.1. The van der Waals surface area contributed by atoms with Crippen molar-refractivity contribution in [2.45, 2.75) is 13.0 Å². The van der Waals surface area contributed by atoms with Crippen molar-refractivity contribution in [2.24, 2.45) is 0 Å². The average Bonchev–Trinajstić information content (AvgIpc) is 2.68. The lowest BCUT2D eigenvalue weighted by Gasteiger charge is -2.37. The SMILES string of the molecule is CC(OC(=O)c1ccc(Cl)cc1O)C(=O)N1CCN(c2ccccc2)CC1. The molecule has 0 saturated carbocycles. The van der Waals surface area contributed by atoms with Crippen LogP contribution in [0.3, 0.4) is 0 Å². The molecule has 1 saturated heterocycles. The van der Waals surface area contributed by atoms with Crippen LogP contribution in [0.15, 0.2) is 48.5 Å². The smallest absolute Gasteiger partial charge is 0.342 e. The van der Waals surface area contributed by atoms with Gasteiger partial charge in [-0.15, -0.1) is 0 Å². The van der Waals surface area contributed by atoms with Gasteiger partial charge in [0, 0.05) is 36.9 Å². The number of phenols is 1. The van der Waals surface area contributed by atoms with Crippen molar-refractivity contribution in [2.75, 3.05) is 31.1 Å². The van der Waals surface area contributed by atoms with E-state index in [1.165, 1.54) is 25.1 Å². The Hall–Kier alpha value is -2.73. The third kappa shape index (κ3) is 4.52. The Morgan fingerprint density at radius 3 is 2.37 bits per heavy atom. The van der Waals surface area contributed by atoms with Gasteiger partial charge in [-0.25, -0.2) is 4.79 Å². The molecule has 1 unspecified atom stereocenters. The summed E-state index contributed by atoms with van der Waals surface area (Å²) in [5, 5.41) is 10.1. The monoisotopic (exact) mass is 388 g/mol. The Kier molecular flexibility index (Phi) is 5.86. The minimum absolute atomic E-state index is 0.0204. The van der Waals surface area contributed by atoms with Crippen molar-refractivity contribution in [1.82, 2.24) is 4.90 Å². The zero-order valence-electron chi connectivity index (χ0n) is 15.0. The van der Waals surface area contributed by atoms with E-state index in [1.807, 2.05) is 30.3 Å². The van der Waals surface area contributed by atoms with Gasteiger partial charge >= 0.3 is 5.97 Å². The summed E-state index contributed by atoms with van der Waals surface area (Å²) in [6.45, 7) is 4.09. The predicted molar refractivity (Wildman–Crippen MR) is 103 cm³/mol. The van der Waals surface area contributed by atoms with Gasteiger partial charge in [-0.05, 0) is 37.3 Å². The molecule has 2 aromatic rings. The number of hydrogen-bond acceptors (Lipinski definition) is 5. The fourth-order valence-corrected chi connectivity index (χ4v) is 3.20. The number of piperazine rings is 1. The molecule has 1 amide bonds. The van der Waals surface area contributed by atoms with E-state index in [1.54, 1.807) is 4.90 Å². The van der Waals surface area contributed by atoms with Crippen LogP contribution in [0.2, 0.25) is 5.02 Å². The van der Waals surface area contributed by atoms with Crippen molar-refractivity contribution in [3.05, 3.63) is 59.1 Å². The Morgan fingerprint density at radius 2 is 1.74 bits per heavy atom. The highest BCUT2D eigenvalue weighted by atomic mass is 35.5. The fourth-order valence-electron chi connectivity index (χ4n) is 3.03. The van der Waals surface area contributed by atoms with Gasteiger partial charge < -0.3 is 19.6 Å². The number of esters is 1. The van der Waals surface area contributed by atoms with E-state index in [-0.39, 0.29) is 17.2 Å². The molecule has 1 fully saturated rings. The second-order valence-electron chi connectivity index (χ2n) is 6.36. The summed E-state index contributed by atoms with van der Waals surface area (Å²) in [4.78, 5) is 28.7. The van der Waals surface area contributed by atoms with E-state index in [2.05, 4.69) is 4.90 Å². The second kappa shape index (κ2) is 8.31. The number of carbonyl (C=O) groups excluding carboxylic acids is 2. The molecule has 0 aromatic heterocycles. The molecule has 0 bridgehead atoms. The van der Waals surface area contributed by atoms with Crippen LogP contribution in [0.4, 0.5) is 5.69 Å². The minimum atomic E-state index is -0.934. The lowest BCUT2D eigenvalue weighted by atomic mass is 10.2. The van der Waals surface area contributed by atoms with E-state index in [0.717, 1.165) is 5.69 Å². The number of hydrogen-bond donors (Lipinski definition) is 1. The van der Waals surface area contributed by atoms with Gasteiger partial charge in [0.05, 0.1) is 0 Å². The highest BCUT2D eigenvalue weighted by Crippen LogP contribution is 2.23. The van der Waals surface area contributed by atoms with Gasteiger partial charge in [0.25, 0.3) is 5.91 Å². The number of amides is 1. The summed E-state index contributed by atoms with van der Waals surface area (Å²) in [5.41, 5.74) is 1.11. The molecule has 0 spiro atoms. The molecule has 0 aliphatic carbocycles. The molecule has 1 atom stereocenters. The lowest BCUT2D eigenvalue weighted by molar-refractivity contribution is -0.140. The Bertz CT molecular complexity index is 820. The number of rotatable bonds is 4. The zero-order chi connectivity index (χ0) is 19.4. The number of aromatic hydroxyl groups is 1. The van der Waals surface area contributed by atoms with Crippen LogP contribution in [0.5, 0.6) is 5.75 Å². The van der Waals surface area contributed by atoms with Crippen LogP contribution in [0, 0.1) is 0 Å². The first-order chi connectivity index (χ1) is 13.0. The van der Waals surface area contributed by atoms with E-state index < -0.39 is 12.1 Å². The molecule has 6 nitrogen and oxygen atoms in total. The Balaban J connectivity index is 1.55. The first-order valence-corrected chi connectivity index (χ1v) is 9.12. The zero-order valence-corrected chi connectivity index (χ0v) is 15.7. The maximum absolute atomic E-state index is 12.6. The van der Waals surface area contributed by atoms with Crippen LogP contribution in [0.25, 0.3) is 0 Å². The van der Waals surface area contributed by atoms with E-state index in [0.29, 0.717) is 31.2 Å². The number of para-hydroxylation sites is 1. The number of carbonyl (C=O) groups is 2. The van der Waals surface area contributed by atoms with E-state index in [4.69, 9.17) is 16.3 Å². The van der Waals surface area contributed by atoms with Gasteiger partial charge in [0.2, 0.25) is 0 Å². The standard InChI is InChI=1S/C20H21ClN2O4/c1-14(27-20(26)17-8-7-15(21)13-18(17)24)19(25)23-11-9-22(10-12-23)16-5-3-2-4-6-16/h2-8,13-14,24H,9-12H2,1H3. The van der Waals surface area contributed by atoms with E-state index >= 15 is 0 Å². The third-order valence-electron chi connectivity index (χ3n) is 4.52. The van der Waals surface area contributed by atoms with Crippen molar-refractivity contribution in [3.63, 3.8) is 0 Å². The molecule has 142 valence electrons. The first kappa shape index (κ1) is 19.0. The van der Waals surface area contributed by atoms with Crippen molar-refractivity contribution < 1.29 is 19.4 Å². The van der Waals surface area contributed by atoms with Gasteiger partial charge in [-0.3, -0.25) is 4.79 Å². The number of anilines is 1. The van der Waals surface area contributed by atoms with Crippen molar-refractivity contribution in [1.29, 1.82) is 0 Å². The van der Waals surface area contributed by atoms with Gasteiger partial charge in [-0.1, -0.05) is 29.8 Å². The number of nitrogens with zero attached hydrogens (tertiary/aromatic N) is 2. The highest BCUT2D eigenvalue weighted by molar-refractivity contribution is 6.30. The normalized spacial score (nSPS) is 15.3. The van der Waals surface area contributed by atoms with Crippen molar-refractivity contribution in [3.8, 4) is 5.75 Å². The minimum Gasteiger partial charge on any atom is -0.507 e. The predicted octanol–water partition coefficient (Wildman–Crippen LogP) is 2.94. The molecule has 1 heterocycles. The summed E-state index contributed by atoms with van der Waals surface area (Å²) in [6.07, 6.45) is -0.934. The van der Waals surface area contributed by atoms with Crippen LogP contribution in [-0.2, 0) is 9.53 Å². The molecule has 27 heavy (non-hydrogen) atoms.